The molecule has 4 heteroatoms. The molecule has 0 fully saturated rings. The van der Waals surface area contributed by atoms with Crippen LogP contribution in [0.5, 0.6) is 0 Å². The van der Waals surface area contributed by atoms with Gasteiger partial charge in [-0.1, -0.05) is 32.6 Å². The molecule has 112 valence electrons. The lowest BCUT2D eigenvalue weighted by molar-refractivity contribution is 0.525. The molecule has 8 N–H and O–H groups in total. The first kappa shape index (κ1) is 20.2. The van der Waals surface area contributed by atoms with Crippen LogP contribution in [0, 0.1) is 5.92 Å². The van der Waals surface area contributed by atoms with Crippen molar-refractivity contribution in [1.29, 1.82) is 0 Å². The van der Waals surface area contributed by atoms with E-state index in [0.29, 0.717) is 5.92 Å². The Bertz CT molecular complexity index is 123. The average Bonchev–Trinajstić information content (AvgIpc) is 2.40. The van der Waals surface area contributed by atoms with Gasteiger partial charge >= 0.3 is 0 Å². The fourth-order valence-electron chi connectivity index (χ4n) is 1.58. The predicted octanol–water partition coefficient (Wildman–Crippen LogP) is 1.56. The zero-order valence-corrected chi connectivity index (χ0v) is 12.4. The molecule has 0 amide bonds. The van der Waals surface area contributed by atoms with Crippen LogP contribution in [0.4, 0.5) is 0 Å². The van der Waals surface area contributed by atoms with E-state index < -0.39 is 0 Å². The molecule has 0 aliphatic rings. The molecule has 0 saturated carbocycles. The second-order valence-electron chi connectivity index (χ2n) is 4.97. The molecular weight excluding hydrogens is 224 g/mol. The molecule has 0 spiro atoms. The Hall–Kier alpha value is -0.160. The standard InChI is InChI=1S/C8H20N2.C6H16N2/c9-7-5-3-1-2-4-6-8-10;1-6(5-8)3-2-4-7/h1-10H2;6H,2-5,7-8H2,1H3. The van der Waals surface area contributed by atoms with Crippen LogP contribution in [-0.2, 0) is 0 Å². The van der Waals surface area contributed by atoms with Crippen LogP contribution in [0.3, 0.4) is 0 Å². The summed E-state index contributed by atoms with van der Waals surface area (Å²) in [6, 6.07) is 0. The van der Waals surface area contributed by atoms with E-state index in [-0.39, 0.29) is 0 Å². The van der Waals surface area contributed by atoms with Gasteiger partial charge in [0.2, 0.25) is 0 Å². The maximum atomic E-state index is 5.37. The normalized spacial score (nSPS) is 11.8. The maximum absolute atomic E-state index is 5.37. The summed E-state index contributed by atoms with van der Waals surface area (Å²) in [6.45, 7) is 5.42. The van der Waals surface area contributed by atoms with E-state index >= 15 is 0 Å². The minimum atomic E-state index is 0.651. The summed E-state index contributed by atoms with van der Waals surface area (Å²) < 4.78 is 0. The molecule has 0 aliphatic heterocycles. The van der Waals surface area contributed by atoms with E-state index in [1.807, 2.05) is 0 Å². The highest BCUT2D eigenvalue weighted by atomic mass is 14.5. The number of hydrogen-bond donors (Lipinski definition) is 4. The molecule has 0 aromatic rings. The van der Waals surface area contributed by atoms with Gasteiger partial charge in [-0.3, -0.25) is 0 Å². The van der Waals surface area contributed by atoms with Crippen molar-refractivity contribution in [2.24, 2.45) is 28.9 Å². The third kappa shape index (κ3) is 21.2. The summed E-state index contributed by atoms with van der Waals surface area (Å²) in [5.41, 5.74) is 21.4. The highest BCUT2D eigenvalue weighted by Gasteiger charge is 1.95. The second-order valence-corrected chi connectivity index (χ2v) is 4.97. The summed E-state index contributed by atoms with van der Waals surface area (Å²) in [7, 11) is 0. The smallest absolute Gasteiger partial charge is 0.00515 e. The van der Waals surface area contributed by atoms with Gasteiger partial charge < -0.3 is 22.9 Å². The molecule has 4 nitrogen and oxygen atoms in total. The fraction of sp³-hybridized carbons (Fsp3) is 1.00. The van der Waals surface area contributed by atoms with Crippen molar-refractivity contribution in [3.05, 3.63) is 0 Å². The van der Waals surface area contributed by atoms with E-state index in [4.69, 9.17) is 22.9 Å². The minimum Gasteiger partial charge on any atom is -0.330 e. The first-order chi connectivity index (χ1) is 8.72. The Morgan fingerprint density at radius 1 is 0.611 bits per heavy atom. The third-order valence-corrected chi connectivity index (χ3v) is 2.96. The van der Waals surface area contributed by atoms with Crippen molar-refractivity contribution in [3.63, 3.8) is 0 Å². The van der Waals surface area contributed by atoms with Gasteiger partial charge in [0.15, 0.2) is 0 Å². The lowest BCUT2D eigenvalue weighted by Gasteiger charge is -2.04. The fourth-order valence-corrected chi connectivity index (χ4v) is 1.58. The SMILES string of the molecule is CC(CN)CCCN.NCCCCCCCCN. The van der Waals surface area contributed by atoms with Crippen molar-refractivity contribution in [2.45, 2.75) is 58.3 Å². The average molecular weight is 260 g/mol. The van der Waals surface area contributed by atoms with Gasteiger partial charge in [-0.25, -0.2) is 0 Å². The van der Waals surface area contributed by atoms with Crippen LogP contribution in [0.15, 0.2) is 0 Å². The first-order valence-electron chi connectivity index (χ1n) is 7.53. The highest BCUT2D eigenvalue weighted by molar-refractivity contribution is 4.52. The van der Waals surface area contributed by atoms with Gasteiger partial charge in [0.25, 0.3) is 0 Å². The number of unbranched alkanes of at least 4 members (excludes halogenated alkanes) is 5. The molecule has 1 atom stereocenters. The molecule has 0 radical (unpaired) electrons. The van der Waals surface area contributed by atoms with E-state index in [0.717, 1.165) is 32.6 Å². The number of hydrogen-bond acceptors (Lipinski definition) is 4. The summed E-state index contributed by atoms with van der Waals surface area (Å²) in [4.78, 5) is 0. The predicted molar refractivity (Wildman–Crippen MR) is 82.3 cm³/mol. The summed E-state index contributed by atoms with van der Waals surface area (Å²) >= 11 is 0. The molecule has 1 unspecified atom stereocenters. The Morgan fingerprint density at radius 2 is 1.00 bits per heavy atom. The number of nitrogens with two attached hydrogens (primary N) is 4. The van der Waals surface area contributed by atoms with Crippen LogP contribution < -0.4 is 22.9 Å². The lowest BCUT2D eigenvalue weighted by Crippen LogP contribution is -2.12. The van der Waals surface area contributed by atoms with Crippen molar-refractivity contribution < 1.29 is 0 Å². The Kier molecular flexibility index (Phi) is 21.5. The van der Waals surface area contributed by atoms with Crippen LogP contribution >= 0.6 is 0 Å². The van der Waals surface area contributed by atoms with Crippen LogP contribution in [0.25, 0.3) is 0 Å². The van der Waals surface area contributed by atoms with Gasteiger partial charge in [-0.2, -0.15) is 0 Å². The quantitative estimate of drug-likeness (QED) is 0.423. The van der Waals surface area contributed by atoms with Crippen LogP contribution in [0.1, 0.15) is 58.3 Å². The summed E-state index contributed by atoms with van der Waals surface area (Å²) in [5, 5.41) is 0. The highest BCUT2D eigenvalue weighted by Crippen LogP contribution is 2.03. The zero-order valence-electron chi connectivity index (χ0n) is 12.4. The van der Waals surface area contributed by atoms with Crippen molar-refractivity contribution in [3.8, 4) is 0 Å². The molecule has 0 aromatic carbocycles. The van der Waals surface area contributed by atoms with Crippen LogP contribution in [-0.4, -0.2) is 26.2 Å². The van der Waals surface area contributed by atoms with Gasteiger partial charge in [0, 0.05) is 0 Å². The van der Waals surface area contributed by atoms with Gasteiger partial charge in [-0.05, 0) is 57.8 Å². The zero-order chi connectivity index (χ0) is 14.1. The monoisotopic (exact) mass is 260 g/mol. The lowest BCUT2D eigenvalue weighted by atomic mass is 10.1. The van der Waals surface area contributed by atoms with Crippen molar-refractivity contribution in [2.75, 3.05) is 26.2 Å². The summed E-state index contributed by atoms with van der Waals surface area (Å²) in [5.74, 6) is 0.651. The Labute approximate surface area is 114 Å². The molecule has 0 heterocycles. The first-order valence-corrected chi connectivity index (χ1v) is 7.53. The topological polar surface area (TPSA) is 104 Å². The van der Waals surface area contributed by atoms with E-state index in [1.165, 1.54) is 44.9 Å². The number of rotatable bonds is 11. The molecule has 0 aromatic heterocycles. The Balaban J connectivity index is 0. The maximum Gasteiger partial charge on any atom is -0.00515 e. The molecular formula is C14H36N4. The van der Waals surface area contributed by atoms with Crippen molar-refractivity contribution in [1.82, 2.24) is 0 Å². The van der Waals surface area contributed by atoms with Gasteiger partial charge in [-0.15, -0.1) is 0 Å². The summed E-state index contributed by atoms with van der Waals surface area (Å²) in [6.07, 6.45) is 9.90. The molecule has 0 saturated heterocycles. The Morgan fingerprint density at radius 3 is 1.33 bits per heavy atom. The molecule has 18 heavy (non-hydrogen) atoms. The van der Waals surface area contributed by atoms with E-state index in [9.17, 15) is 0 Å². The van der Waals surface area contributed by atoms with Crippen molar-refractivity contribution >= 4 is 0 Å². The largest absolute Gasteiger partial charge is 0.330 e. The molecule has 0 bridgehead atoms. The van der Waals surface area contributed by atoms with Gasteiger partial charge in [0.1, 0.15) is 0 Å². The second kappa shape index (κ2) is 19.2. The molecule has 0 rings (SSSR count). The van der Waals surface area contributed by atoms with E-state index in [1.54, 1.807) is 0 Å². The van der Waals surface area contributed by atoms with Gasteiger partial charge in [0.05, 0.1) is 0 Å². The minimum absolute atomic E-state index is 0.651. The van der Waals surface area contributed by atoms with E-state index in [2.05, 4.69) is 6.92 Å². The third-order valence-electron chi connectivity index (χ3n) is 2.96. The van der Waals surface area contributed by atoms with Crippen LogP contribution in [0.2, 0.25) is 0 Å². The molecule has 0 aliphatic carbocycles.